The van der Waals surface area contributed by atoms with Gasteiger partial charge in [0, 0.05) is 46.9 Å². The summed E-state index contributed by atoms with van der Waals surface area (Å²) in [4.78, 5) is 48.4. The molecule has 17 aliphatic rings. The van der Waals surface area contributed by atoms with E-state index in [2.05, 4.69) is 28.9 Å². The van der Waals surface area contributed by atoms with Crippen LogP contribution in [-0.2, 0) is 29.0 Å². The van der Waals surface area contributed by atoms with Crippen molar-refractivity contribution in [2.45, 2.75) is 188 Å². The summed E-state index contributed by atoms with van der Waals surface area (Å²) in [5, 5.41) is 109. The number of aliphatic hydroxyl groups is 7. The summed E-state index contributed by atoms with van der Waals surface area (Å²) in [6.07, 6.45) is 22.6. The number of carbonyl (C=O) groups is 3. The van der Waals surface area contributed by atoms with Gasteiger partial charge >= 0.3 is 0 Å². The normalized spacial score (nSPS) is 46.8. The first-order chi connectivity index (χ1) is 46.8. The van der Waals surface area contributed by atoms with Crippen LogP contribution in [0.15, 0.2) is 125 Å². The van der Waals surface area contributed by atoms with Crippen molar-refractivity contribution in [1.82, 2.24) is 10.6 Å². The predicted molar refractivity (Wildman–Crippen MR) is 365 cm³/mol. The molecule has 0 aromatic heterocycles. The lowest BCUT2D eigenvalue weighted by atomic mass is 9.42. The average Bonchev–Trinajstić information content (AvgIpc) is 1.57. The molecule has 13 aliphatic carbocycles. The fraction of sp³-hybridized carbons (Fsp3) is 0.613. The molecule has 23 atom stereocenters. The molecule has 3 aromatic rings. The number of hydrogen-bond acceptors (Lipinski definition) is 17. The number of fused-ring (bicyclic) bond motifs is 2. The van der Waals surface area contributed by atoms with Crippen LogP contribution in [-0.4, -0.2) is 118 Å². The number of allylic oxidation sites excluding steroid dienone is 7. The number of ketones is 2. The highest BCUT2D eigenvalue weighted by molar-refractivity contribution is 8.77. The van der Waals surface area contributed by atoms with E-state index in [0.717, 1.165) is 107 Å². The van der Waals surface area contributed by atoms with Gasteiger partial charge in [0.15, 0.2) is 17.7 Å². The van der Waals surface area contributed by atoms with Crippen molar-refractivity contribution in [3.8, 4) is 11.5 Å². The van der Waals surface area contributed by atoms with E-state index in [4.69, 9.17) is 9.47 Å². The summed E-state index contributed by atoms with van der Waals surface area (Å²) >= 11 is 0. The molecule has 0 radical (unpaired) electrons. The molecular weight excluding hydrogens is 1260 g/mol. The lowest BCUT2D eigenvalue weighted by Gasteiger charge is -2.72. The van der Waals surface area contributed by atoms with E-state index in [1.807, 2.05) is 42.5 Å². The highest BCUT2D eigenvalue weighted by atomic mass is 33.1. The number of aromatic hydroxyl groups is 1. The number of ether oxygens (including phenoxy) is 2. The summed E-state index contributed by atoms with van der Waals surface area (Å²) in [7, 11) is 3.03. The molecule has 512 valence electrons. The Bertz CT molecular complexity index is 4050. The maximum atomic E-state index is 17.3. The smallest absolute Gasteiger partial charge is 0.240 e. The third-order valence-electron chi connectivity index (χ3n) is 30.2. The van der Waals surface area contributed by atoms with Crippen molar-refractivity contribution >= 4 is 39.4 Å². The minimum absolute atomic E-state index is 0.0139. The van der Waals surface area contributed by atoms with Gasteiger partial charge in [-0.2, -0.15) is 0 Å². The highest BCUT2D eigenvalue weighted by Gasteiger charge is 2.85. The Balaban J connectivity index is 0.765. The molecule has 0 amide bonds. The number of phenols is 1. The second-order valence-corrected chi connectivity index (χ2v) is 36.8. The Morgan fingerprint density at radius 2 is 1.61 bits per heavy atom. The molecule has 10 fully saturated rings. The predicted octanol–water partition coefficient (Wildman–Crippen LogP) is 11.0. The number of carbonyl (C=O) groups excluding carboxylic acids is 3. The molecule has 15 nitrogen and oxygen atoms in total. The summed E-state index contributed by atoms with van der Waals surface area (Å²) in [5.74, 6) is -5.24. The third-order valence-corrected chi connectivity index (χ3v) is 32.9. The minimum atomic E-state index is -2.40. The highest BCUT2D eigenvalue weighted by Crippen LogP contribution is 2.82. The number of nitrogens with one attached hydrogen (secondary N) is 2. The quantitative estimate of drug-likeness (QED) is 0.0779. The van der Waals surface area contributed by atoms with Crippen molar-refractivity contribution in [2.75, 3.05) is 19.0 Å². The van der Waals surface area contributed by atoms with Crippen LogP contribution in [0.5, 0.6) is 11.5 Å². The lowest BCUT2D eigenvalue weighted by molar-refractivity contribution is -0.461. The van der Waals surface area contributed by atoms with Gasteiger partial charge in [-0.1, -0.05) is 88.7 Å². The lowest BCUT2D eigenvalue weighted by Crippen LogP contribution is -2.88. The number of aliphatic hydroxyl groups excluding tert-OH is 5. The Labute approximate surface area is 574 Å². The molecule has 23 unspecified atom stereocenters. The SMILES string of the molecule is O=CC1CC2(CCC3(CCC(Cc4cccc(O)c4)C3)C2)CC12CC1CC3CC4C5CCC67Oc8cccc9c8C(=O)C8%10C(O)=CC(Cc%11cccc(CO)c%11)=C(C=CC%11CCCC%12CCC(CC%11%12O)C8SSCNC8=CC(=C3CN8)C1(C2)C4C(O)(C6O)C(O)C5(CO)O7)C%10C9=O. The molecule has 6 spiro atoms. The largest absolute Gasteiger partial charge is 0.511 e. The van der Waals surface area contributed by atoms with Gasteiger partial charge in [0.1, 0.15) is 46.3 Å². The average molecular weight is 1350 g/mol. The third kappa shape index (κ3) is 8.41. The first kappa shape index (κ1) is 62.8. The van der Waals surface area contributed by atoms with E-state index in [1.54, 1.807) is 30.3 Å². The number of Topliss-reactive ketones (excluding diaryl/α,β-unsaturated/α-hetero) is 2. The van der Waals surface area contributed by atoms with Crippen LogP contribution < -0.4 is 15.4 Å². The van der Waals surface area contributed by atoms with Gasteiger partial charge < -0.3 is 65.8 Å². The molecule has 4 aliphatic heterocycles. The molecule has 97 heavy (non-hydrogen) atoms. The van der Waals surface area contributed by atoms with E-state index in [1.165, 1.54) is 39.0 Å². The fourth-order valence-electron chi connectivity index (χ4n) is 27.0. The van der Waals surface area contributed by atoms with Gasteiger partial charge in [-0.05, 0) is 255 Å². The Hall–Kier alpha value is -5.21. The molecule has 8 saturated carbocycles. The van der Waals surface area contributed by atoms with Gasteiger partial charge in [0.2, 0.25) is 5.79 Å². The van der Waals surface area contributed by atoms with Gasteiger partial charge in [0.25, 0.3) is 0 Å². The fourth-order valence-corrected chi connectivity index (χ4v) is 30.1. The molecule has 13 bridgehead atoms. The van der Waals surface area contributed by atoms with Crippen LogP contribution in [0.1, 0.15) is 166 Å². The number of hydrogen-bond donors (Lipinski definition) is 10. The number of phenolic OH excluding ortho intramolecular Hbond substituents is 1. The maximum Gasteiger partial charge on any atom is 0.240 e. The molecular formula is C80H92N2O13S2. The van der Waals surface area contributed by atoms with E-state index >= 15 is 9.59 Å². The van der Waals surface area contributed by atoms with Crippen molar-refractivity contribution in [3.05, 3.63) is 153 Å². The topological polar surface area (TPSA) is 256 Å². The molecule has 20 rings (SSSR count). The minimum Gasteiger partial charge on any atom is -0.511 e. The van der Waals surface area contributed by atoms with Crippen molar-refractivity contribution < 1.29 is 64.7 Å². The first-order valence-corrected chi connectivity index (χ1v) is 39.2. The van der Waals surface area contributed by atoms with E-state index in [-0.39, 0.29) is 94.3 Å². The van der Waals surface area contributed by atoms with Crippen LogP contribution in [0.4, 0.5) is 0 Å². The second-order valence-electron chi connectivity index (χ2n) is 34.3. The van der Waals surface area contributed by atoms with Crippen LogP contribution >= 0.6 is 21.6 Å². The number of benzene rings is 3. The number of rotatable bonds is 7. The Morgan fingerprint density at radius 3 is 2.45 bits per heavy atom. The van der Waals surface area contributed by atoms with Gasteiger partial charge in [-0.15, -0.1) is 0 Å². The number of aldehydes is 1. The standard InChI is InChI=1S/C80H92N2O13S2/c83-36-46-7-1-5-43(24-46)25-48-29-62(87)79-65-55(48)16-15-51-9-3-8-50-14-13-47(32-76(50,51)92)69(79)97-96-42-82-63-30-60-58(35-81-63)49-27-52-34-74(39-73(33-53(74)37-84)22-21-72(38-73)19-17-45(31-72)23-44-6-2-10-54(86)26-44)40-75(52,60)67-57(28-49)59-18-20-78(71(91)80(67,93)70(90)77(59,41-85)95-78)94-61-12-4-11-56(66(65)88)64(61)68(79)89/h1-2,4-7,10-12,15-16,24,26,29-30,37,45,47,49-53,57,59,65,67,69-71,81-83,85-87,90-93H,3,8-9,13-14,17-23,25,27-28,31-36,38-42H2. The van der Waals surface area contributed by atoms with Crippen LogP contribution in [0.25, 0.3) is 0 Å². The maximum absolute atomic E-state index is 17.3. The zero-order valence-corrected chi connectivity index (χ0v) is 56.8. The monoisotopic (exact) mass is 1350 g/mol. The molecule has 17 heteroatoms. The van der Waals surface area contributed by atoms with Crippen molar-refractivity contribution in [1.29, 1.82) is 0 Å². The van der Waals surface area contributed by atoms with Crippen molar-refractivity contribution in [3.63, 3.8) is 0 Å². The molecule has 4 heterocycles. The van der Waals surface area contributed by atoms with Crippen molar-refractivity contribution in [2.24, 2.45) is 92.2 Å². The van der Waals surface area contributed by atoms with Gasteiger partial charge in [0.05, 0.1) is 42.0 Å². The van der Waals surface area contributed by atoms with E-state index in [0.29, 0.717) is 79.3 Å². The zero-order chi connectivity index (χ0) is 66.2. The van der Waals surface area contributed by atoms with Crippen LogP contribution in [0.2, 0.25) is 0 Å². The summed E-state index contributed by atoms with van der Waals surface area (Å²) < 4.78 is 14.7. The second kappa shape index (κ2) is 21.7. The Morgan fingerprint density at radius 1 is 0.773 bits per heavy atom. The van der Waals surface area contributed by atoms with E-state index in [9.17, 15) is 45.6 Å². The van der Waals surface area contributed by atoms with Crippen LogP contribution in [0.3, 0.4) is 0 Å². The first-order valence-electron chi connectivity index (χ1n) is 36.8. The molecule has 2 saturated heterocycles. The molecule has 10 N–H and O–H groups in total. The zero-order valence-electron chi connectivity index (χ0n) is 55.1. The number of dihydropyridines is 1. The molecule has 3 aromatic carbocycles. The summed E-state index contributed by atoms with van der Waals surface area (Å²) in [6, 6.07) is 20.2. The van der Waals surface area contributed by atoms with Crippen LogP contribution in [0, 0.1) is 92.2 Å². The summed E-state index contributed by atoms with van der Waals surface area (Å²) in [5.41, 5.74) is -2.16. The summed E-state index contributed by atoms with van der Waals surface area (Å²) in [6.45, 7) is -0.350. The van der Waals surface area contributed by atoms with E-state index < -0.39 is 92.2 Å². The Kier molecular flexibility index (Phi) is 14.0. The van der Waals surface area contributed by atoms with Gasteiger partial charge in [-0.3, -0.25) is 9.59 Å². The van der Waals surface area contributed by atoms with Gasteiger partial charge in [-0.25, -0.2) is 0 Å².